The summed E-state index contributed by atoms with van der Waals surface area (Å²) in [7, 11) is 2.17. The maximum absolute atomic E-state index is 12.9. The number of hydrogen-bond acceptors (Lipinski definition) is 6. The van der Waals surface area contributed by atoms with Crippen molar-refractivity contribution in [3.05, 3.63) is 35.7 Å². The average molecular weight is 370 g/mol. The summed E-state index contributed by atoms with van der Waals surface area (Å²) in [6, 6.07) is 7.87. The number of aromatic nitrogens is 4. The van der Waals surface area contributed by atoms with Gasteiger partial charge in [0.15, 0.2) is 5.82 Å². The standard InChI is InChI=1S/C19H26N6O2/c1-15-20-21-22-25(15)17-5-3-16(4-6-17)13-18(26)24-10-9-23(2)19(14-24)7-11-27-12-8-19/h3-6H,7-14H2,1-2H3. The molecule has 0 bridgehead atoms. The number of amides is 1. The molecule has 0 saturated carbocycles. The molecule has 2 fully saturated rings. The largest absolute Gasteiger partial charge is 0.381 e. The van der Waals surface area contributed by atoms with E-state index in [1.54, 1.807) is 4.68 Å². The highest BCUT2D eigenvalue weighted by Gasteiger charge is 2.42. The van der Waals surface area contributed by atoms with Crippen LogP contribution in [0.2, 0.25) is 0 Å². The molecule has 3 heterocycles. The molecule has 2 aliphatic rings. The number of carbonyl (C=O) groups excluding carboxylic acids is 1. The molecule has 2 aromatic rings. The molecule has 8 nitrogen and oxygen atoms in total. The molecule has 0 N–H and O–H groups in total. The quantitative estimate of drug-likeness (QED) is 0.797. The van der Waals surface area contributed by atoms with Crippen molar-refractivity contribution in [1.29, 1.82) is 0 Å². The molecule has 1 spiro atoms. The molecular formula is C19H26N6O2. The van der Waals surface area contributed by atoms with Crippen molar-refractivity contribution in [3.63, 3.8) is 0 Å². The summed E-state index contributed by atoms with van der Waals surface area (Å²) in [6.45, 7) is 5.93. The van der Waals surface area contributed by atoms with Crippen LogP contribution in [0.15, 0.2) is 24.3 Å². The number of nitrogens with zero attached hydrogens (tertiary/aromatic N) is 6. The third kappa shape index (κ3) is 3.59. The van der Waals surface area contributed by atoms with Gasteiger partial charge in [-0.25, -0.2) is 0 Å². The topological polar surface area (TPSA) is 76.4 Å². The van der Waals surface area contributed by atoms with E-state index in [9.17, 15) is 4.79 Å². The highest BCUT2D eigenvalue weighted by atomic mass is 16.5. The fraction of sp³-hybridized carbons (Fsp3) is 0.579. The molecule has 8 heteroatoms. The Bertz CT molecular complexity index is 797. The Morgan fingerprint density at radius 2 is 1.93 bits per heavy atom. The highest BCUT2D eigenvalue weighted by molar-refractivity contribution is 5.79. The van der Waals surface area contributed by atoms with Crippen LogP contribution in [-0.2, 0) is 16.0 Å². The minimum Gasteiger partial charge on any atom is -0.381 e. The number of benzene rings is 1. The average Bonchev–Trinajstić information content (AvgIpc) is 3.11. The van der Waals surface area contributed by atoms with E-state index < -0.39 is 0 Å². The van der Waals surface area contributed by atoms with E-state index >= 15 is 0 Å². The van der Waals surface area contributed by atoms with Gasteiger partial charge in [0.1, 0.15) is 0 Å². The lowest BCUT2D eigenvalue weighted by Gasteiger charge is -2.51. The molecule has 2 saturated heterocycles. The van der Waals surface area contributed by atoms with Crippen LogP contribution in [0.3, 0.4) is 0 Å². The van der Waals surface area contributed by atoms with E-state index in [1.165, 1.54) is 0 Å². The smallest absolute Gasteiger partial charge is 0.227 e. The summed E-state index contributed by atoms with van der Waals surface area (Å²) >= 11 is 0. The van der Waals surface area contributed by atoms with Gasteiger partial charge < -0.3 is 9.64 Å². The Balaban J connectivity index is 1.42. The van der Waals surface area contributed by atoms with Crippen molar-refractivity contribution in [2.75, 3.05) is 39.9 Å². The Kier molecular flexibility index (Phi) is 4.92. The van der Waals surface area contributed by atoms with E-state index in [0.29, 0.717) is 6.42 Å². The van der Waals surface area contributed by atoms with Crippen LogP contribution in [0.5, 0.6) is 0 Å². The summed E-state index contributed by atoms with van der Waals surface area (Å²) in [4.78, 5) is 17.4. The maximum atomic E-state index is 12.9. The molecule has 0 aliphatic carbocycles. The van der Waals surface area contributed by atoms with Crippen LogP contribution in [0.1, 0.15) is 24.2 Å². The molecule has 1 aromatic carbocycles. The molecule has 0 atom stereocenters. The Morgan fingerprint density at radius 3 is 2.59 bits per heavy atom. The van der Waals surface area contributed by atoms with Gasteiger partial charge in [-0.15, -0.1) is 5.10 Å². The molecule has 144 valence electrons. The fourth-order valence-corrected chi connectivity index (χ4v) is 4.08. The number of aryl methyl sites for hydroxylation is 1. The van der Waals surface area contributed by atoms with Gasteiger partial charge >= 0.3 is 0 Å². The second kappa shape index (κ2) is 7.36. The summed E-state index contributed by atoms with van der Waals surface area (Å²) in [5.41, 5.74) is 1.98. The molecule has 4 rings (SSSR count). The first kappa shape index (κ1) is 18.1. The van der Waals surface area contributed by atoms with Crippen molar-refractivity contribution in [2.24, 2.45) is 0 Å². The van der Waals surface area contributed by atoms with Gasteiger partial charge in [-0.2, -0.15) is 4.68 Å². The molecule has 1 aromatic heterocycles. The molecule has 1 amide bonds. The molecule has 0 unspecified atom stereocenters. The van der Waals surface area contributed by atoms with Crippen LogP contribution in [0.4, 0.5) is 0 Å². The highest BCUT2D eigenvalue weighted by Crippen LogP contribution is 2.30. The lowest BCUT2D eigenvalue weighted by atomic mass is 9.86. The zero-order valence-electron chi connectivity index (χ0n) is 16.0. The van der Waals surface area contributed by atoms with Crippen LogP contribution < -0.4 is 0 Å². The van der Waals surface area contributed by atoms with Gasteiger partial charge in [-0.05, 0) is 54.9 Å². The molecule has 2 aliphatic heterocycles. The third-order valence-corrected chi connectivity index (χ3v) is 5.94. The first-order chi connectivity index (χ1) is 13.1. The second-order valence-electron chi connectivity index (χ2n) is 7.55. The van der Waals surface area contributed by atoms with E-state index in [0.717, 1.165) is 62.8 Å². The third-order valence-electron chi connectivity index (χ3n) is 5.94. The zero-order chi connectivity index (χ0) is 18.9. The summed E-state index contributed by atoms with van der Waals surface area (Å²) in [5, 5.41) is 11.5. The van der Waals surface area contributed by atoms with Crippen molar-refractivity contribution in [3.8, 4) is 5.69 Å². The lowest BCUT2D eigenvalue weighted by Crippen LogP contribution is -2.63. The second-order valence-corrected chi connectivity index (χ2v) is 7.55. The monoisotopic (exact) mass is 370 g/mol. The van der Waals surface area contributed by atoms with Gasteiger partial charge in [0.25, 0.3) is 0 Å². The summed E-state index contributed by atoms with van der Waals surface area (Å²) in [5.74, 6) is 0.929. The fourth-order valence-electron chi connectivity index (χ4n) is 4.08. The Hall–Kier alpha value is -2.32. The van der Waals surface area contributed by atoms with E-state index in [4.69, 9.17) is 4.74 Å². The predicted molar refractivity (Wildman–Crippen MR) is 99.6 cm³/mol. The molecule has 27 heavy (non-hydrogen) atoms. The number of rotatable bonds is 3. The minimum absolute atomic E-state index is 0.0770. The van der Waals surface area contributed by atoms with Gasteiger partial charge in [0, 0.05) is 38.4 Å². The van der Waals surface area contributed by atoms with Gasteiger partial charge in [-0.1, -0.05) is 12.1 Å². The normalized spacial score (nSPS) is 20.1. The van der Waals surface area contributed by atoms with Crippen molar-refractivity contribution in [2.45, 2.75) is 31.7 Å². The Morgan fingerprint density at radius 1 is 1.19 bits per heavy atom. The van der Waals surface area contributed by atoms with Crippen LogP contribution >= 0.6 is 0 Å². The minimum atomic E-state index is 0.0770. The van der Waals surface area contributed by atoms with E-state index in [-0.39, 0.29) is 11.4 Å². The summed E-state index contributed by atoms with van der Waals surface area (Å²) in [6.07, 6.45) is 2.41. The van der Waals surface area contributed by atoms with Crippen LogP contribution in [0, 0.1) is 6.92 Å². The summed E-state index contributed by atoms with van der Waals surface area (Å²) < 4.78 is 7.22. The molecular weight excluding hydrogens is 344 g/mol. The number of likely N-dealkylation sites (N-methyl/N-ethyl adjacent to an activating group) is 1. The van der Waals surface area contributed by atoms with Gasteiger partial charge in [-0.3, -0.25) is 9.69 Å². The van der Waals surface area contributed by atoms with E-state index in [1.807, 2.05) is 36.1 Å². The number of piperazine rings is 1. The predicted octanol–water partition coefficient (Wildman–Crippen LogP) is 0.836. The Labute approximate surface area is 159 Å². The first-order valence-electron chi connectivity index (χ1n) is 9.48. The van der Waals surface area contributed by atoms with Crippen molar-refractivity contribution >= 4 is 5.91 Å². The maximum Gasteiger partial charge on any atom is 0.227 e. The van der Waals surface area contributed by atoms with Crippen LogP contribution in [-0.4, -0.2) is 81.3 Å². The van der Waals surface area contributed by atoms with Crippen LogP contribution in [0.25, 0.3) is 5.69 Å². The van der Waals surface area contributed by atoms with Crippen molar-refractivity contribution in [1.82, 2.24) is 30.0 Å². The number of tetrazole rings is 1. The lowest BCUT2D eigenvalue weighted by molar-refractivity contribution is -0.139. The first-order valence-corrected chi connectivity index (χ1v) is 9.48. The van der Waals surface area contributed by atoms with Crippen molar-refractivity contribution < 1.29 is 9.53 Å². The number of hydrogen-bond donors (Lipinski definition) is 0. The zero-order valence-corrected chi connectivity index (χ0v) is 16.0. The van der Waals surface area contributed by atoms with Gasteiger partial charge in [0.2, 0.25) is 5.91 Å². The number of carbonyl (C=O) groups is 1. The molecule has 0 radical (unpaired) electrons. The SMILES string of the molecule is Cc1nnnn1-c1ccc(CC(=O)N2CCN(C)C3(CCOCC3)C2)cc1. The number of ether oxygens (including phenoxy) is 1. The van der Waals surface area contributed by atoms with Gasteiger partial charge in [0.05, 0.1) is 12.1 Å². The van der Waals surface area contributed by atoms with E-state index in [2.05, 4.69) is 27.5 Å².